The van der Waals surface area contributed by atoms with E-state index in [0.717, 1.165) is 21.4 Å². The lowest BCUT2D eigenvalue weighted by Crippen LogP contribution is -3.15. The van der Waals surface area contributed by atoms with Crippen LogP contribution in [0.25, 0.3) is 11.0 Å². The van der Waals surface area contributed by atoms with Gasteiger partial charge in [-0.05, 0) is 17.7 Å². The Morgan fingerprint density at radius 3 is 2.78 bits per heavy atom. The van der Waals surface area contributed by atoms with E-state index in [1.807, 2.05) is 18.2 Å². The summed E-state index contributed by atoms with van der Waals surface area (Å²) >= 11 is 0. The predicted molar refractivity (Wildman–Crippen MR) is 98.5 cm³/mol. The molecule has 6 nitrogen and oxygen atoms in total. The SMILES string of the molecule is COC(=O)[C@@H]1Cc2ccccc2C[NH+]1Cc1cc(=O)oc2cc(O)ccc12. The highest BCUT2D eigenvalue weighted by Crippen LogP contribution is 2.22. The first-order valence-corrected chi connectivity index (χ1v) is 8.80. The zero-order valence-corrected chi connectivity index (χ0v) is 14.9. The number of rotatable bonds is 3. The Kier molecular flexibility index (Phi) is 4.41. The number of hydrogen-bond acceptors (Lipinski definition) is 5. The van der Waals surface area contributed by atoms with Crippen molar-refractivity contribution in [2.45, 2.75) is 25.6 Å². The molecule has 1 aromatic heterocycles. The summed E-state index contributed by atoms with van der Waals surface area (Å²) in [5.41, 5.74) is 2.99. The molecule has 1 unspecified atom stereocenters. The van der Waals surface area contributed by atoms with Crippen molar-refractivity contribution in [2.24, 2.45) is 0 Å². The van der Waals surface area contributed by atoms with Crippen LogP contribution in [0.3, 0.4) is 0 Å². The number of phenols is 1. The summed E-state index contributed by atoms with van der Waals surface area (Å²) in [6.45, 7) is 1.14. The quantitative estimate of drug-likeness (QED) is 0.537. The molecule has 0 bridgehead atoms. The highest BCUT2D eigenvalue weighted by molar-refractivity contribution is 5.81. The van der Waals surface area contributed by atoms with Crippen molar-refractivity contribution in [1.29, 1.82) is 0 Å². The Morgan fingerprint density at radius 1 is 1.22 bits per heavy atom. The third-order valence-electron chi connectivity index (χ3n) is 5.17. The second-order valence-electron chi connectivity index (χ2n) is 6.83. The molecule has 1 aliphatic heterocycles. The number of benzene rings is 2. The summed E-state index contributed by atoms with van der Waals surface area (Å²) in [4.78, 5) is 25.4. The smallest absolute Gasteiger partial charge is 0.365 e. The summed E-state index contributed by atoms with van der Waals surface area (Å²) in [5.74, 6) is -0.223. The van der Waals surface area contributed by atoms with Gasteiger partial charge >= 0.3 is 11.6 Å². The van der Waals surface area contributed by atoms with Gasteiger partial charge in [-0.2, -0.15) is 0 Å². The summed E-state index contributed by atoms with van der Waals surface area (Å²) in [6, 6.07) is 13.9. The molecule has 138 valence electrons. The van der Waals surface area contributed by atoms with E-state index in [1.54, 1.807) is 12.1 Å². The van der Waals surface area contributed by atoms with Crippen LogP contribution in [0.4, 0.5) is 0 Å². The number of fused-ring (bicyclic) bond motifs is 2. The Morgan fingerprint density at radius 2 is 2.00 bits per heavy atom. The number of carbonyl (C=O) groups excluding carboxylic acids is 1. The van der Waals surface area contributed by atoms with Crippen molar-refractivity contribution in [1.82, 2.24) is 0 Å². The molecule has 0 spiro atoms. The van der Waals surface area contributed by atoms with Crippen molar-refractivity contribution in [3.63, 3.8) is 0 Å². The van der Waals surface area contributed by atoms with Gasteiger partial charge in [0.05, 0.1) is 7.11 Å². The summed E-state index contributed by atoms with van der Waals surface area (Å²) in [5, 5.41) is 10.4. The normalized spacial score (nSPS) is 18.9. The van der Waals surface area contributed by atoms with Crippen LogP contribution in [0, 0.1) is 0 Å². The van der Waals surface area contributed by atoms with Crippen LogP contribution in [-0.2, 0) is 29.0 Å². The molecule has 2 atom stereocenters. The van der Waals surface area contributed by atoms with Gasteiger partial charge in [0.2, 0.25) is 0 Å². The Balaban J connectivity index is 1.75. The fourth-order valence-electron chi connectivity index (χ4n) is 3.85. The number of ether oxygens (including phenoxy) is 1. The zero-order valence-electron chi connectivity index (χ0n) is 14.9. The van der Waals surface area contributed by atoms with E-state index in [0.29, 0.717) is 25.1 Å². The molecular formula is C21H20NO5+. The molecule has 0 fully saturated rings. The zero-order chi connectivity index (χ0) is 19.0. The molecular weight excluding hydrogens is 346 g/mol. The monoisotopic (exact) mass is 366 g/mol. The number of hydrogen-bond donors (Lipinski definition) is 2. The molecule has 0 radical (unpaired) electrons. The van der Waals surface area contributed by atoms with Gasteiger partial charge in [-0.1, -0.05) is 24.3 Å². The third-order valence-corrected chi connectivity index (χ3v) is 5.17. The van der Waals surface area contributed by atoms with Gasteiger partial charge in [-0.15, -0.1) is 0 Å². The van der Waals surface area contributed by atoms with E-state index in [-0.39, 0.29) is 17.8 Å². The third kappa shape index (κ3) is 3.31. The van der Waals surface area contributed by atoms with Crippen LogP contribution in [0.1, 0.15) is 16.7 Å². The molecule has 2 N–H and O–H groups in total. The number of nitrogens with one attached hydrogen (secondary N) is 1. The second kappa shape index (κ2) is 6.89. The van der Waals surface area contributed by atoms with Crippen molar-refractivity contribution in [3.8, 4) is 5.75 Å². The van der Waals surface area contributed by atoms with Gasteiger partial charge < -0.3 is 19.2 Å². The summed E-state index contributed by atoms with van der Waals surface area (Å²) in [7, 11) is 1.40. The minimum Gasteiger partial charge on any atom is -0.508 e. The maximum Gasteiger partial charge on any atom is 0.365 e. The fourth-order valence-corrected chi connectivity index (χ4v) is 3.85. The Labute approximate surface area is 155 Å². The van der Waals surface area contributed by atoms with Crippen LogP contribution in [-0.4, -0.2) is 24.2 Å². The molecule has 0 aliphatic carbocycles. The summed E-state index contributed by atoms with van der Waals surface area (Å²) in [6.07, 6.45) is 0.596. The minimum absolute atomic E-state index is 0.0366. The van der Waals surface area contributed by atoms with Crippen LogP contribution in [0.5, 0.6) is 5.75 Å². The van der Waals surface area contributed by atoms with Crippen LogP contribution in [0.15, 0.2) is 57.7 Å². The number of esters is 1. The van der Waals surface area contributed by atoms with Gasteiger partial charge in [0.15, 0.2) is 6.04 Å². The Hall–Kier alpha value is -3.12. The minimum atomic E-state index is -0.477. The van der Waals surface area contributed by atoms with Crippen LogP contribution >= 0.6 is 0 Å². The lowest BCUT2D eigenvalue weighted by atomic mass is 9.93. The molecule has 0 amide bonds. The van der Waals surface area contributed by atoms with E-state index in [1.165, 1.54) is 24.8 Å². The number of aromatic hydroxyl groups is 1. The Bertz CT molecular complexity index is 1070. The number of phenolic OH excluding ortho intramolecular Hbond substituents is 1. The van der Waals surface area contributed by atoms with Gasteiger partial charge in [0.25, 0.3) is 0 Å². The maximum atomic E-state index is 12.4. The van der Waals surface area contributed by atoms with Gasteiger partial charge in [0, 0.05) is 35.1 Å². The standard InChI is InChI=1S/C21H19NO5/c1-26-21(25)18-8-13-4-2-3-5-14(13)11-22(18)12-15-9-20(24)27-19-10-16(23)6-7-17(15)19/h2-7,9-10,18,23H,8,11-12H2,1H3/p+1/t18-/m0/s1. The topological polar surface area (TPSA) is 81.2 Å². The number of quaternary nitrogens is 1. The van der Waals surface area contributed by atoms with Crippen LogP contribution < -0.4 is 10.5 Å². The van der Waals surface area contributed by atoms with Crippen molar-refractivity contribution in [2.75, 3.05) is 7.11 Å². The maximum absolute atomic E-state index is 12.4. The van der Waals surface area contributed by atoms with E-state index in [9.17, 15) is 14.7 Å². The average molecular weight is 366 g/mol. The molecule has 4 rings (SSSR count). The lowest BCUT2D eigenvalue weighted by Gasteiger charge is -2.32. The predicted octanol–water partition coefficient (Wildman–Crippen LogP) is 1.18. The molecule has 6 heteroatoms. The first-order chi connectivity index (χ1) is 13.0. The van der Waals surface area contributed by atoms with Crippen LogP contribution in [0.2, 0.25) is 0 Å². The highest BCUT2D eigenvalue weighted by atomic mass is 16.5. The van der Waals surface area contributed by atoms with E-state index in [4.69, 9.17) is 9.15 Å². The number of methoxy groups -OCH3 is 1. The fraction of sp³-hybridized carbons (Fsp3) is 0.238. The van der Waals surface area contributed by atoms with Crippen molar-refractivity contribution >= 4 is 16.9 Å². The first kappa shape index (κ1) is 17.3. The van der Waals surface area contributed by atoms with Gasteiger partial charge in [0.1, 0.15) is 24.4 Å². The molecule has 27 heavy (non-hydrogen) atoms. The lowest BCUT2D eigenvalue weighted by molar-refractivity contribution is -0.945. The highest BCUT2D eigenvalue weighted by Gasteiger charge is 2.36. The van der Waals surface area contributed by atoms with Gasteiger partial charge in [-0.3, -0.25) is 0 Å². The molecule has 1 aliphatic rings. The molecule has 3 aromatic rings. The van der Waals surface area contributed by atoms with E-state index in [2.05, 4.69) is 6.07 Å². The molecule has 2 aromatic carbocycles. The van der Waals surface area contributed by atoms with Crippen molar-refractivity contribution < 1.29 is 24.0 Å². The molecule has 2 heterocycles. The van der Waals surface area contributed by atoms with E-state index < -0.39 is 5.63 Å². The average Bonchev–Trinajstić information content (AvgIpc) is 2.66. The van der Waals surface area contributed by atoms with Gasteiger partial charge in [-0.25, -0.2) is 9.59 Å². The first-order valence-electron chi connectivity index (χ1n) is 8.80. The summed E-state index contributed by atoms with van der Waals surface area (Å²) < 4.78 is 10.2. The van der Waals surface area contributed by atoms with Crippen molar-refractivity contribution in [3.05, 3.63) is 75.6 Å². The molecule has 0 saturated carbocycles. The second-order valence-corrected chi connectivity index (χ2v) is 6.83. The number of carbonyl (C=O) groups is 1. The van der Waals surface area contributed by atoms with E-state index >= 15 is 0 Å². The largest absolute Gasteiger partial charge is 0.508 e. The molecule has 0 saturated heterocycles.